The molecule has 0 spiro atoms. The monoisotopic (exact) mass is 297 g/mol. The van der Waals surface area contributed by atoms with Crippen molar-refractivity contribution in [3.63, 3.8) is 0 Å². The lowest BCUT2D eigenvalue weighted by Gasteiger charge is -2.19. The molecule has 1 aromatic heterocycles. The summed E-state index contributed by atoms with van der Waals surface area (Å²) < 4.78 is 7.46. The Bertz CT molecular complexity index is 631. The van der Waals surface area contributed by atoms with Gasteiger partial charge in [-0.2, -0.15) is 0 Å². The summed E-state index contributed by atoms with van der Waals surface area (Å²) >= 11 is 0. The SMILES string of the molecule is COCCCNCc1ccc2n1CCN=C2c1ccccc1. The van der Waals surface area contributed by atoms with Crippen molar-refractivity contribution in [1.29, 1.82) is 0 Å². The minimum Gasteiger partial charge on any atom is -0.385 e. The van der Waals surface area contributed by atoms with Crippen LogP contribution in [0.3, 0.4) is 0 Å². The minimum absolute atomic E-state index is 0.810. The Hall–Kier alpha value is -1.91. The van der Waals surface area contributed by atoms with Crippen LogP contribution in [0.5, 0.6) is 0 Å². The molecule has 0 saturated carbocycles. The molecule has 0 atom stereocenters. The van der Waals surface area contributed by atoms with Gasteiger partial charge in [-0.15, -0.1) is 0 Å². The van der Waals surface area contributed by atoms with E-state index in [1.54, 1.807) is 7.11 Å². The summed E-state index contributed by atoms with van der Waals surface area (Å²) in [5, 5.41) is 3.49. The van der Waals surface area contributed by atoms with E-state index in [4.69, 9.17) is 9.73 Å². The normalized spacial score (nSPS) is 13.8. The Morgan fingerprint density at radius 1 is 1.18 bits per heavy atom. The summed E-state index contributed by atoms with van der Waals surface area (Å²) in [6.07, 6.45) is 1.04. The molecule has 0 fully saturated rings. The van der Waals surface area contributed by atoms with Crippen LogP contribution >= 0.6 is 0 Å². The molecule has 2 heterocycles. The maximum absolute atomic E-state index is 5.07. The molecule has 0 bridgehead atoms. The lowest BCUT2D eigenvalue weighted by Crippen LogP contribution is -2.23. The fourth-order valence-corrected chi connectivity index (χ4v) is 2.87. The second-order valence-electron chi connectivity index (χ2n) is 5.48. The van der Waals surface area contributed by atoms with E-state index in [9.17, 15) is 0 Å². The molecular weight excluding hydrogens is 274 g/mol. The van der Waals surface area contributed by atoms with E-state index in [-0.39, 0.29) is 0 Å². The molecule has 1 aromatic carbocycles. The van der Waals surface area contributed by atoms with Crippen LogP contribution < -0.4 is 5.32 Å². The zero-order chi connectivity index (χ0) is 15.2. The van der Waals surface area contributed by atoms with Crippen molar-refractivity contribution in [2.24, 2.45) is 4.99 Å². The third-order valence-corrected chi connectivity index (χ3v) is 3.96. The number of fused-ring (bicyclic) bond motifs is 1. The maximum atomic E-state index is 5.07. The molecule has 0 amide bonds. The van der Waals surface area contributed by atoms with E-state index in [1.165, 1.54) is 17.0 Å². The van der Waals surface area contributed by atoms with Crippen LogP contribution in [0.4, 0.5) is 0 Å². The predicted octanol–water partition coefficient (Wildman–Crippen LogP) is 2.47. The lowest BCUT2D eigenvalue weighted by molar-refractivity contribution is 0.194. The number of nitrogens with zero attached hydrogens (tertiary/aromatic N) is 2. The number of methoxy groups -OCH3 is 1. The summed E-state index contributed by atoms with van der Waals surface area (Å²) in [7, 11) is 1.74. The summed E-state index contributed by atoms with van der Waals surface area (Å²) in [4.78, 5) is 4.73. The van der Waals surface area contributed by atoms with Gasteiger partial charge in [-0.3, -0.25) is 4.99 Å². The molecule has 1 aliphatic rings. The molecule has 22 heavy (non-hydrogen) atoms. The number of hydrogen-bond donors (Lipinski definition) is 1. The fraction of sp³-hybridized carbons (Fsp3) is 0.389. The molecule has 4 nitrogen and oxygen atoms in total. The van der Waals surface area contributed by atoms with Gasteiger partial charge in [0.2, 0.25) is 0 Å². The van der Waals surface area contributed by atoms with Crippen molar-refractivity contribution in [3.8, 4) is 0 Å². The van der Waals surface area contributed by atoms with Crippen LogP contribution in [0.1, 0.15) is 23.4 Å². The third kappa shape index (κ3) is 3.29. The number of nitrogens with one attached hydrogen (secondary N) is 1. The van der Waals surface area contributed by atoms with Crippen LogP contribution in [0.25, 0.3) is 0 Å². The zero-order valence-corrected chi connectivity index (χ0v) is 13.1. The first-order valence-electron chi connectivity index (χ1n) is 7.88. The highest BCUT2D eigenvalue weighted by molar-refractivity contribution is 6.12. The van der Waals surface area contributed by atoms with E-state index in [2.05, 4.69) is 46.3 Å². The second kappa shape index (κ2) is 7.38. The van der Waals surface area contributed by atoms with E-state index >= 15 is 0 Å². The Balaban J connectivity index is 1.71. The van der Waals surface area contributed by atoms with Gasteiger partial charge in [-0.25, -0.2) is 0 Å². The molecule has 1 N–H and O–H groups in total. The molecule has 116 valence electrons. The molecular formula is C18H23N3O. The average molecular weight is 297 g/mol. The summed E-state index contributed by atoms with van der Waals surface area (Å²) in [5.41, 5.74) is 4.86. The number of ether oxygens (including phenoxy) is 1. The highest BCUT2D eigenvalue weighted by Gasteiger charge is 2.17. The fourth-order valence-electron chi connectivity index (χ4n) is 2.87. The quantitative estimate of drug-likeness (QED) is 0.797. The predicted molar refractivity (Wildman–Crippen MR) is 89.6 cm³/mol. The number of rotatable bonds is 7. The van der Waals surface area contributed by atoms with Gasteiger partial charge in [0.1, 0.15) is 0 Å². The maximum Gasteiger partial charge on any atom is 0.0884 e. The zero-order valence-electron chi connectivity index (χ0n) is 13.1. The van der Waals surface area contributed by atoms with Gasteiger partial charge in [0.05, 0.1) is 18.0 Å². The molecule has 0 radical (unpaired) electrons. The van der Waals surface area contributed by atoms with Crippen molar-refractivity contribution in [1.82, 2.24) is 9.88 Å². The standard InChI is InChI=1S/C18H23N3O/c1-22-13-5-10-19-14-16-8-9-17-18(20-11-12-21(16)17)15-6-3-2-4-7-15/h2-4,6-9,19H,5,10-14H2,1H3. The first-order chi connectivity index (χ1) is 10.9. The molecule has 0 unspecified atom stereocenters. The minimum atomic E-state index is 0.810. The highest BCUT2D eigenvalue weighted by Crippen LogP contribution is 2.19. The summed E-state index contributed by atoms with van der Waals surface area (Å²) in [6, 6.07) is 14.8. The summed E-state index contributed by atoms with van der Waals surface area (Å²) in [5.74, 6) is 0. The van der Waals surface area contributed by atoms with Crippen LogP contribution in [0.15, 0.2) is 47.5 Å². The molecule has 2 aromatic rings. The van der Waals surface area contributed by atoms with Gasteiger partial charge >= 0.3 is 0 Å². The second-order valence-corrected chi connectivity index (χ2v) is 5.48. The number of hydrogen-bond acceptors (Lipinski definition) is 3. The van der Waals surface area contributed by atoms with Gasteiger partial charge in [0.15, 0.2) is 0 Å². The molecule has 1 aliphatic heterocycles. The van der Waals surface area contributed by atoms with Crippen LogP contribution in [-0.4, -0.2) is 37.1 Å². The Kier molecular flexibility index (Phi) is 5.03. The van der Waals surface area contributed by atoms with E-state index in [0.29, 0.717) is 0 Å². The topological polar surface area (TPSA) is 38.5 Å². The van der Waals surface area contributed by atoms with Gasteiger partial charge in [0, 0.05) is 38.1 Å². The van der Waals surface area contributed by atoms with Gasteiger partial charge in [-0.05, 0) is 25.1 Å². The Labute approximate surface area is 131 Å². The Morgan fingerprint density at radius 3 is 2.86 bits per heavy atom. The van der Waals surface area contributed by atoms with Crippen molar-refractivity contribution < 1.29 is 4.74 Å². The van der Waals surface area contributed by atoms with Crippen molar-refractivity contribution in [2.45, 2.75) is 19.5 Å². The molecule has 3 rings (SSSR count). The van der Waals surface area contributed by atoms with Crippen molar-refractivity contribution in [2.75, 3.05) is 26.8 Å². The van der Waals surface area contributed by atoms with Gasteiger partial charge < -0.3 is 14.6 Å². The molecule has 4 heteroatoms. The number of aromatic nitrogens is 1. The van der Waals surface area contributed by atoms with Crippen LogP contribution in [0.2, 0.25) is 0 Å². The first-order valence-corrected chi connectivity index (χ1v) is 7.88. The Morgan fingerprint density at radius 2 is 2.05 bits per heavy atom. The highest BCUT2D eigenvalue weighted by atomic mass is 16.5. The van der Waals surface area contributed by atoms with Crippen molar-refractivity contribution in [3.05, 3.63) is 59.4 Å². The van der Waals surface area contributed by atoms with Gasteiger partial charge in [-0.1, -0.05) is 30.3 Å². The van der Waals surface area contributed by atoms with E-state index < -0.39 is 0 Å². The van der Waals surface area contributed by atoms with Gasteiger partial charge in [0.25, 0.3) is 0 Å². The molecule has 0 aliphatic carbocycles. The average Bonchev–Trinajstić information content (AvgIpc) is 2.99. The summed E-state index contributed by atoms with van der Waals surface area (Å²) in [6.45, 7) is 4.50. The third-order valence-electron chi connectivity index (χ3n) is 3.96. The lowest BCUT2D eigenvalue weighted by atomic mass is 10.1. The first kappa shape index (κ1) is 15.0. The molecule has 0 saturated heterocycles. The largest absolute Gasteiger partial charge is 0.385 e. The number of aliphatic imine (C=N–C) groups is 1. The number of benzene rings is 1. The van der Waals surface area contributed by atoms with E-state index in [1.807, 2.05) is 6.07 Å². The van der Waals surface area contributed by atoms with Crippen LogP contribution in [-0.2, 0) is 17.8 Å². The van der Waals surface area contributed by atoms with Crippen LogP contribution in [0, 0.1) is 0 Å². The van der Waals surface area contributed by atoms with Crippen molar-refractivity contribution >= 4 is 5.71 Å². The smallest absolute Gasteiger partial charge is 0.0884 e. The van der Waals surface area contributed by atoms with E-state index in [0.717, 1.165) is 44.9 Å².